The highest BCUT2D eigenvalue weighted by Crippen LogP contribution is 2.62. The molecule has 3 aliphatic rings. The number of benzene rings is 1. The van der Waals surface area contributed by atoms with E-state index in [4.69, 9.17) is 5.11 Å². The molecule has 2 N–H and O–H groups in total. The molecule has 0 spiro atoms. The first kappa shape index (κ1) is 22.1. The highest BCUT2D eigenvalue weighted by atomic mass is 32.1. The Labute approximate surface area is 188 Å². The summed E-state index contributed by atoms with van der Waals surface area (Å²) in [6.45, 7) is 6.82. The van der Waals surface area contributed by atoms with E-state index in [1.54, 1.807) is 11.3 Å². The van der Waals surface area contributed by atoms with Crippen molar-refractivity contribution >= 4 is 33.3 Å². The van der Waals surface area contributed by atoms with Gasteiger partial charge in [-0.05, 0) is 74.3 Å². The standard InChI is InChI=1S/C26H33NO3S/c1-16-10-11-23-19(12-16)20(15-31-23)25(30)27-22-14-17-13-21(26(17,2)3)18(22)8-6-4-5-7-9-24(28)29/h4,6,10-12,15,17-18,21-22H,5,7-9,13-14H2,1-3H3,(H,27,30)(H,28,29)/b6-4-/t17-,18+,21+,22+/m0/s1. The summed E-state index contributed by atoms with van der Waals surface area (Å²) in [4.78, 5) is 23.9. The fraction of sp³-hybridized carbons (Fsp3) is 0.538. The first-order chi connectivity index (χ1) is 14.8. The molecule has 4 nitrogen and oxygen atoms in total. The molecule has 2 bridgehead atoms. The number of fused-ring (bicyclic) bond motifs is 3. The second kappa shape index (κ2) is 8.78. The van der Waals surface area contributed by atoms with Gasteiger partial charge >= 0.3 is 5.97 Å². The zero-order chi connectivity index (χ0) is 22.2. The molecule has 5 heteroatoms. The third-order valence-corrected chi connectivity index (χ3v) is 8.71. The largest absolute Gasteiger partial charge is 0.481 e. The number of amides is 1. The summed E-state index contributed by atoms with van der Waals surface area (Å²) in [7, 11) is 0. The second-order valence-electron chi connectivity index (χ2n) is 9.98. The first-order valence-corrected chi connectivity index (χ1v) is 12.3. The summed E-state index contributed by atoms with van der Waals surface area (Å²) in [6.07, 6.45) is 9.29. The minimum Gasteiger partial charge on any atom is -0.481 e. The van der Waals surface area contributed by atoms with Crippen molar-refractivity contribution in [2.24, 2.45) is 23.2 Å². The summed E-state index contributed by atoms with van der Waals surface area (Å²) in [5.41, 5.74) is 2.31. The quantitative estimate of drug-likeness (QED) is 0.381. The lowest BCUT2D eigenvalue weighted by Crippen LogP contribution is -2.61. The number of carbonyl (C=O) groups excluding carboxylic acids is 1. The van der Waals surface area contributed by atoms with Gasteiger partial charge in [-0.15, -0.1) is 11.3 Å². The van der Waals surface area contributed by atoms with Crippen LogP contribution in [0.25, 0.3) is 10.1 Å². The maximum absolute atomic E-state index is 13.2. The molecule has 0 radical (unpaired) electrons. The zero-order valence-corrected chi connectivity index (χ0v) is 19.5. The van der Waals surface area contributed by atoms with Gasteiger partial charge < -0.3 is 10.4 Å². The molecule has 4 atom stereocenters. The lowest BCUT2D eigenvalue weighted by Gasteiger charge is -2.62. The second-order valence-corrected chi connectivity index (χ2v) is 10.9. The number of hydrogen-bond acceptors (Lipinski definition) is 3. The van der Waals surface area contributed by atoms with Crippen LogP contribution in [-0.4, -0.2) is 23.0 Å². The maximum Gasteiger partial charge on any atom is 0.303 e. The Balaban J connectivity index is 1.45. The smallest absolute Gasteiger partial charge is 0.303 e. The Bertz CT molecular complexity index is 1010. The van der Waals surface area contributed by atoms with Crippen LogP contribution in [-0.2, 0) is 4.79 Å². The van der Waals surface area contributed by atoms with Crippen molar-refractivity contribution in [3.8, 4) is 0 Å². The van der Waals surface area contributed by atoms with Crippen LogP contribution in [0.4, 0.5) is 0 Å². The molecular weight excluding hydrogens is 406 g/mol. The van der Waals surface area contributed by atoms with E-state index in [0.29, 0.717) is 29.6 Å². The number of carboxylic acids is 1. The van der Waals surface area contributed by atoms with Gasteiger partial charge in [0.1, 0.15) is 0 Å². The number of nitrogens with one attached hydrogen (secondary N) is 1. The van der Waals surface area contributed by atoms with E-state index in [2.05, 4.69) is 56.4 Å². The average Bonchev–Trinajstić information content (AvgIpc) is 3.13. The number of unbranched alkanes of at least 4 members (excludes halogenated alkanes) is 1. The molecule has 0 unspecified atom stereocenters. The summed E-state index contributed by atoms with van der Waals surface area (Å²) in [5, 5.41) is 15.2. The molecule has 1 amide bonds. The maximum atomic E-state index is 13.2. The van der Waals surface area contributed by atoms with Gasteiger partial charge in [0, 0.05) is 27.9 Å². The third-order valence-electron chi connectivity index (χ3n) is 7.74. The molecule has 31 heavy (non-hydrogen) atoms. The number of aliphatic carboxylic acids is 1. The van der Waals surface area contributed by atoms with E-state index in [1.165, 1.54) is 12.0 Å². The Morgan fingerprint density at radius 1 is 1.26 bits per heavy atom. The lowest BCUT2D eigenvalue weighted by molar-refractivity contribution is -0.137. The van der Waals surface area contributed by atoms with Crippen molar-refractivity contribution in [2.45, 2.75) is 65.3 Å². The molecule has 3 fully saturated rings. The fourth-order valence-electron chi connectivity index (χ4n) is 5.75. The van der Waals surface area contributed by atoms with Crippen molar-refractivity contribution in [3.05, 3.63) is 46.9 Å². The zero-order valence-electron chi connectivity index (χ0n) is 18.7. The van der Waals surface area contributed by atoms with Crippen molar-refractivity contribution in [1.82, 2.24) is 5.32 Å². The van der Waals surface area contributed by atoms with Gasteiger partial charge in [-0.2, -0.15) is 0 Å². The highest BCUT2D eigenvalue weighted by molar-refractivity contribution is 7.17. The fourth-order valence-corrected chi connectivity index (χ4v) is 6.67. The molecule has 2 aromatic rings. The van der Waals surface area contributed by atoms with Crippen LogP contribution >= 0.6 is 11.3 Å². The molecule has 5 rings (SSSR count). The van der Waals surface area contributed by atoms with E-state index in [-0.39, 0.29) is 18.4 Å². The predicted octanol–water partition coefficient (Wildman–Crippen LogP) is 6.19. The Hall–Kier alpha value is -2.14. The van der Waals surface area contributed by atoms with E-state index in [9.17, 15) is 9.59 Å². The molecule has 0 saturated heterocycles. The first-order valence-electron chi connectivity index (χ1n) is 11.4. The van der Waals surface area contributed by atoms with E-state index in [0.717, 1.165) is 34.9 Å². The third kappa shape index (κ3) is 4.43. The lowest BCUT2D eigenvalue weighted by atomic mass is 9.44. The van der Waals surface area contributed by atoms with Crippen LogP contribution in [0.15, 0.2) is 35.7 Å². The number of aryl methyl sites for hydroxylation is 1. The van der Waals surface area contributed by atoms with Crippen molar-refractivity contribution in [2.75, 3.05) is 0 Å². The Morgan fingerprint density at radius 3 is 2.81 bits per heavy atom. The van der Waals surface area contributed by atoms with E-state index < -0.39 is 5.97 Å². The number of thiophene rings is 1. The molecule has 166 valence electrons. The molecular formula is C26H33NO3S. The predicted molar refractivity (Wildman–Crippen MR) is 127 cm³/mol. The summed E-state index contributed by atoms with van der Waals surface area (Å²) >= 11 is 1.63. The molecule has 1 aromatic heterocycles. The monoisotopic (exact) mass is 439 g/mol. The van der Waals surface area contributed by atoms with Gasteiger partial charge in [-0.3, -0.25) is 9.59 Å². The Kier molecular flexibility index (Phi) is 6.25. The highest BCUT2D eigenvalue weighted by Gasteiger charge is 2.57. The molecule has 1 heterocycles. The molecule has 0 aliphatic heterocycles. The van der Waals surface area contributed by atoms with Gasteiger partial charge in [-0.25, -0.2) is 0 Å². The molecule has 3 saturated carbocycles. The molecule has 1 aromatic carbocycles. The van der Waals surface area contributed by atoms with Gasteiger partial charge in [-0.1, -0.05) is 37.6 Å². The minimum atomic E-state index is -0.734. The van der Waals surface area contributed by atoms with E-state index >= 15 is 0 Å². The average molecular weight is 440 g/mol. The van der Waals surface area contributed by atoms with Gasteiger partial charge in [0.2, 0.25) is 0 Å². The van der Waals surface area contributed by atoms with E-state index in [1.807, 2.05) is 5.38 Å². The normalized spacial score (nSPS) is 26.7. The summed E-state index contributed by atoms with van der Waals surface area (Å²) in [6, 6.07) is 6.51. The number of carboxylic acid groups (broad SMARTS) is 1. The summed E-state index contributed by atoms with van der Waals surface area (Å²) in [5.74, 6) is 1.06. The number of carbonyl (C=O) groups is 2. The van der Waals surface area contributed by atoms with Crippen LogP contribution in [0, 0.1) is 30.1 Å². The van der Waals surface area contributed by atoms with Crippen LogP contribution in [0.3, 0.4) is 0 Å². The van der Waals surface area contributed by atoms with Gasteiger partial charge in [0.15, 0.2) is 0 Å². The van der Waals surface area contributed by atoms with Gasteiger partial charge in [0.25, 0.3) is 5.91 Å². The van der Waals surface area contributed by atoms with Crippen molar-refractivity contribution in [1.29, 1.82) is 0 Å². The minimum absolute atomic E-state index is 0.0522. The molecule has 3 aliphatic carbocycles. The van der Waals surface area contributed by atoms with Crippen molar-refractivity contribution < 1.29 is 14.7 Å². The van der Waals surface area contributed by atoms with Crippen LogP contribution in [0.2, 0.25) is 0 Å². The number of allylic oxidation sites excluding steroid dienone is 2. The summed E-state index contributed by atoms with van der Waals surface area (Å²) < 4.78 is 1.16. The van der Waals surface area contributed by atoms with Crippen molar-refractivity contribution in [3.63, 3.8) is 0 Å². The van der Waals surface area contributed by atoms with Crippen LogP contribution in [0.5, 0.6) is 0 Å². The number of hydrogen-bond donors (Lipinski definition) is 2. The number of rotatable bonds is 8. The Morgan fingerprint density at radius 2 is 2.06 bits per heavy atom. The van der Waals surface area contributed by atoms with Crippen LogP contribution in [0.1, 0.15) is 68.3 Å². The topological polar surface area (TPSA) is 66.4 Å². The van der Waals surface area contributed by atoms with Gasteiger partial charge in [0.05, 0.1) is 5.56 Å². The SMILES string of the molecule is Cc1ccc2scc(C(=O)N[C@@H]3C[C@@H]4C[C@H]([C@H]3C/C=C\CCCC(=O)O)C4(C)C)c2c1. The van der Waals surface area contributed by atoms with Crippen LogP contribution < -0.4 is 5.32 Å².